The van der Waals surface area contributed by atoms with E-state index in [1.807, 2.05) is 30.3 Å². The zero-order valence-electron chi connectivity index (χ0n) is 12.1. The Balaban J connectivity index is 2.02. The molecule has 0 saturated heterocycles. The van der Waals surface area contributed by atoms with Crippen LogP contribution in [0.5, 0.6) is 0 Å². The summed E-state index contributed by atoms with van der Waals surface area (Å²) in [4.78, 5) is 4.83. The van der Waals surface area contributed by atoms with Gasteiger partial charge in [0.05, 0.1) is 11.2 Å². The van der Waals surface area contributed by atoms with E-state index in [2.05, 4.69) is 60.7 Å². The predicted molar refractivity (Wildman–Crippen MR) is 92.6 cm³/mol. The molecule has 0 N–H and O–H groups in total. The number of rotatable bonds is 2. The second-order valence-electron chi connectivity index (χ2n) is 5.30. The third-order valence-corrected chi connectivity index (χ3v) is 3.87. The predicted octanol–water partition coefficient (Wildman–Crippen LogP) is 5.57. The minimum atomic E-state index is 1.01. The molecule has 0 fully saturated rings. The minimum Gasteiger partial charge on any atom is -0.248 e. The summed E-state index contributed by atoms with van der Waals surface area (Å²) in [5.41, 5.74) is 5.63. The van der Waals surface area contributed by atoms with Gasteiger partial charge in [-0.3, -0.25) is 0 Å². The molecule has 0 aliphatic rings. The normalized spacial score (nSPS) is 10.7. The average Bonchev–Trinajstić information content (AvgIpc) is 2.62. The molecule has 4 aromatic rings. The summed E-state index contributed by atoms with van der Waals surface area (Å²) in [6, 6.07) is 31.3. The highest BCUT2D eigenvalue weighted by Gasteiger charge is 2.08. The molecule has 1 heterocycles. The van der Waals surface area contributed by atoms with Gasteiger partial charge in [0, 0.05) is 10.9 Å². The molecule has 0 atom stereocenters. The Kier molecular flexibility index (Phi) is 3.17. The summed E-state index contributed by atoms with van der Waals surface area (Å²) in [5.74, 6) is 0. The van der Waals surface area contributed by atoms with Crippen LogP contribution in [0, 0.1) is 0 Å². The lowest BCUT2D eigenvalue weighted by molar-refractivity contribution is 1.40. The van der Waals surface area contributed by atoms with Crippen LogP contribution in [0.2, 0.25) is 0 Å². The average molecular weight is 282 g/mol. The first kappa shape index (κ1) is 12.8. The van der Waals surface area contributed by atoms with Gasteiger partial charge in [-0.15, -0.1) is 0 Å². The zero-order chi connectivity index (χ0) is 14.8. The Morgan fingerprint density at radius 2 is 1.14 bits per heavy atom. The van der Waals surface area contributed by atoms with Gasteiger partial charge in [-0.05, 0) is 23.3 Å². The molecule has 0 unspecified atom stereocenters. The van der Waals surface area contributed by atoms with Crippen molar-refractivity contribution in [3.63, 3.8) is 0 Å². The van der Waals surface area contributed by atoms with Crippen molar-refractivity contribution in [2.75, 3.05) is 0 Å². The Labute approximate surface area is 129 Å². The topological polar surface area (TPSA) is 12.9 Å². The highest BCUT2D eigenvalue weighted by molar-refractivity contribution is 5.96. The number of benzene rings is 3. The van der Waals surface area contributed by atoms with Crippen molar-refractivity contribution in [1.29, 1.82) is 0 Å². The third-order valence-electron chi connectivity index (χ3n) is 3.87. The lowest BCUT2D eigenvalue weighted by Crippen LogP contribution is -1.89. The van der Waals surface area contributed by atoms with Crippen molar-refractivity contribution in [1.82, 2.24) is 4.98 Å². The van der Waals surface area contributed by atoms with Gasteiger partial charge in [-0.25, -0.2) is 4.98 Å². The van der Waals surface area contributed by atoms with Gasteiger partial charge in [0.15, 0.2) is 0 Å². The molecular weight excluding hydrogens is 267 g/mol. The van der Waals surface area contributed by atoms with E-state index in [9.17, 15) is 0 Å². The number of para-hydroxylation sites is 1. The number of nitrogens with zero attached hydrogens (tertiary/aromatic N) is 1. The Bertz CT molecular complexity index is 912. The largest absolute Gasteiger partial charge is 0.248 e. The molecule has 1 aromatic heterocycles. The number of aromatic nitrogens is 1. The van der Waals surface area contributed by atoms with Crippen molar-refractivity contribution in [2.24, 2.45) is 0 Å². The Morgan fingerprint density at radius 1 is 0.545 bits per heavy atom. The number of hydrogen-bond donors (Lipinski definition) is 0. The lowest BCUT2D eigenvalue weighted by Gasteiger charge is -2.10. The van der Waals surface area contributed by atoms with Crippen LogP contribution in [0.4, 0.5) is 0 Å². The van der Waals surface area contributed by atoms with Crippen LogP contribution in [0.25, 0.3) is 33.3 Å². The van der Waals surface area contributed by atoms with Gasteiger partial charge in [0.2, 0.25) is 0 Å². The quantitative estimate of drug-likeness (QED) is 0.468. The molecule has 0 radical (unpaired) electrons. The molecule has 4 rings (SSSR count). The number of hydrogen-bond acceptors (Lipinski definition) is 1. The molecule has 0 bridgehead atoms. The van der Waals surface area contributed by atoms with E-state index in [4.69, 9.17) is 4.98 Å². The van der Waals surface area contributed by atoms with E-state index in [0.29, 0.717) is 0 Å². The molecule has 104 valence electrons. The fourth-order valence-electron chi connectivity index (χ4n) is 2.79. The molecule has 0 spiro atoms. The zero-order valence-corrected chi connectivity index (χ0v) is 12.1. The van der Waals surface area contributed by atoms with Crippen LogP contribution in [0.3, 0.4) is 0 Å². The molecule has 1 heteroatoms. The molecule has 0 aliphatic carbocycles. The van der Waals surface area contributed by atoms with Crippen molar-refractivity contribution < 1.29 is 0 Å². The molecule has 3 aromatic carbocycles. The summed E-state index contributed by atoms with van der Waals surface area (Å²) < 4.78 is 0. The van der Waals surface area contributed by atoms with Crippen molar-refractivity contribution >= 4 is 10.9 Å². The summed E-state index contributed by atoms with van der Waals surface area (Å²) in [6.45, 7) is 0. The van der Waals surface area contributed by atoms with E-state index in [0.717, 1.165) is 16.8 Å². The second-order valence-corrected chi connectivity index (χ2v) is 5.30. The molecular formula is C21H15N. The molecule has 22 heavy (non-hydrogen) atoms. The second kappa shape index (κ2) is 5.45. The van der Waals surface area contributed by atoms with Gasteiger partial charge in [0.1, 0.15) is 0 Å². The maximum atomic E-state index is 4.83. The SMILES string of the molecule is c1ccc(-c2[13cH]c(-c3ccccc3)c3ccccc3n2)cc1. The van der Waals surface area contributed by atoms with Crippen LogP contribution < -0.4 is 0 Å². The molecule has 1 nitrogen and oxygen atoms in total. The first-order valence-electron chi connectivity index (χ1n) is 7.42. The molecule has 0 aliphatic heterocycles. The van der Waals surface area contributed by atoms with Gasteiger partial charge in [-0.2, -0.15) is 0 Å². The Hall–Kier alpha value is -2.93. The first-order valence-corrected chi connectivity index (χ1v) is 7.42. The van der Waals surface area contributed by atoms with Crippen LogP contribution in [-0.4, -0.2) is 4.98 Å². The standard InChI is InChI=1S/C21H15N/c1-3-9-16(10-4-1)19-15-21(17-11-5-2-6-12-17)22-20-14-8-7-13-18(19)20/h1-15H/i15+1. The Morgan fingerprint density at radius 3 is 1.86 bits per heavy atom. The van der Waals surface area contributed by atoms with Crippen molar-refractivity contribution in [3.05, 3.63) is 91.0 Å². The van der Waals surface area contributed by atoms with E-state index in [1.165, 1.54) is 16.5 Å². The van der Waals surface area contributed by atoms with E-state index < -0.39 is 0 Å². The van der Waals surface area contributed by atoms with Crippen molar-refractivity contribution in [2.45, 2.75) is 0 Å². The number of pyridine rings is 1. The van der Waals surface area contributed by atoms with Gasteiger partial charge >= 0.3 is 0 Å². The van der Waals surface area contributed by atoms with Crippen LogP contribution >= 0.6 is 0 Å². The van der Waals surface area contributed by atoms with Crippen LogP contribution in [-0.2, 0) is 0 Å². The summed E-state index contributed by atoms with van der Waals surface area (Å²) >= 11 is 0. The monoisotopic (exact) mass is 282 g/mol. The fourth-order valence-corrected chi connectivity index (χ4v) is 2.79. The summed E-state index contributed by atoms with van der Waals surface area (Å²) in [7, 11) is 0. The van der Waals surface area contributed by atoms with E-state index in [1.54, 1.807) is 0 Å². The summed E-state index contributed by atoms with van der Waals surface area (Å²) in [6.07, 6.45) is 0. The number of fused-ring (bicyclic) bond motifs is 1. The summed E-state index contributed by atoms with van der Waals surface area (Å²) in [5, 5.41) is 1.19. The smallest absolute Gasteiger partial charge is 0.0715 e. The maximum absolute atomic E-state index is 4.83. The first-order chi connectivity index (χ1) is 10.9. The molecule has 0 saturated carbocycles. The highest BCUT2D eigenvalue weighted by atomic mass is 14.7. The van der Waals surface area contributed by atoms with Crippen LogP contribution in [0.1, 0.15) is 0 Å². The molecule has 0 amide bonds. The third kappa shape index (κ3) is 2.27. The van der Waals surface area contributed by atoms with E-state index >= 15 is 0 Å². The fraction of sp³-hybridized carbons (Fsp3) is 0. The van der Waals surface area contributed by atoms with Gasteiger partial charge < -0.3 is 0 Å². The maximum Gasteiger partial charge on any atom is 0.0715 e. The lowest BCUT2D eigenvalue weighted by atomic mass is 10.0. The van der Waals surface area contributed by atoms with Crippen LogP contribution in [0.15, 0.2) is 91.0 Å². The van der Waals surface area contributed by atoms with Gasteiger partial charge in [-0.1, -0.05) is 78.9 Å². The van der Waals surface area contributed by atoms with Crippen molar-refractivity contribution in [3.8, 4) is 22.4 Å². The van der Waals surface area contributed by atoms with E-state index in [-0.39, 0.29) is 0 Å². The highest BCUT2D eigenvalue weighted by Crippen LogP contribution is 2.31. The van der Waals surface area contributed by atoms with Gasteiger partial charge in [0.25, 0.3) is 0 Å². The minimum absolute atomic E-state index is 1.01.